The van der Waals surface area contributed by atoms with Crippen LogP contribution in [0.1, 0.15) is 31.1 Å². The van der Waals surface area contributed by atoms with Gasteiger partial charge in [-0.3, -0.25) is 4.98 Å². The molecule has 0 fully saturated rings. The molecule has 0 saturated heterocycles. The standard InChI is InChI=1S/C12H18N2O2/c1-4-14(8-9(2)3)11-7-13-6-5-10(11)12(15)16/h5-7,9H,4,8H2,1-3H3,(H,15,16). The largest absolute Gasteiger partial charge is 0.478 e. The lowest BCUT2D eigenvalue weighted by Crippen LogP contribution is -2.28. The topological polar surface area (TPSA) is 53.4 Å². The normalized spacial score (nSPS) is 10.5. The Balaban J connectivity index is 3.04. The minimum Gasteiger partial charge on any atom is -0.478 e. The summed E-state index contributed by atoms with van der Waals surface area (Å²) in [5.74, 6) is -0.415. The summed E-state index contributed by atoms with van der Waals surface area (Å²) in [6.45, 7) is 7.85. The maximum Gasteiger partial charge on any atom is 0.337 e. The van der Waals surface area contributed by atoms with Crippen molar-refractivity contribution >= 4 is 11.7 Å². The van der Waals surface area contributed by atoms with Gasteiger partial charge < -0.3 is 10.0 Å². The summed E-state index contributed by atoms with van der Waals surface area (Å²) in [4.78, 5) is 17.1. The van der Waals surface area contributed by atoms with E-state index in [2.05, 4.69) is 18.8 Å². The predicted molar refractivity (Wildman–Crippen MR) is 63.9 cm³/mol. The molecule has 0 radical (unpaired) electrons. The SMILES string of the molecule is CCN(CC(C)C)c1cnccc1C(=O)O. The van der Waals surface area contributed by atoms with Crippen molar-refractivity contribution < 1.29 is 9.90 Å². The average Bonchev–Trinajstić information content (AvgIpc) is 2.25. The molecule has 0 saturated carbocycles. The minimum atomic E-state index is -0.903. The van der Waals surface area contributed by atoms with E-state index in [1.807, 2.05) is 11.8 Å². The zero-order chi connectivity index (χ0) is 12.1. The van der Waals surface area contributed by atoms with E-state index in [4.69, 9.17) is 5.11 Å². The van der Waals surface area contributed by atoms with Gasteiger partial charge in [-0.05, 0) is 18.9 Å². The third kappa shape index (κ3) is 2.95. The maximum absolute atomic E-state index is 11.1. The fourth-order valence-electron chi connectivity index (χ4n) is 1.66. The van der Waals surface area contributed by atoms with Gasteiger partial charge in [0.1, 0.15) is 0 Å². The number of hydrogen-bond donors (Lipinski definition) is 1. The number of rotatable bonds is 5. The second-order valence-electron chi connectivity index (χ2n) is 4.13. The Kier molecular flexibility index (Phi) is 4.28. The van der Waals surface area contributed by atoms with E-state index >= 15 is 0 Å². The van der Waals surface area contributed by atoms with Crippen molar-refractivity contribution in [2.75, 3.05) is 18.0 Å². The van der Waals surface area contributed by atoms with Gasteiger partial charge in [-0.15, -0.1) is 0 Å². The Morgan fingerprint density at radius 2 is 2.25 bits per heavy atom. The zero-order valence-corrected chi connectivity index (χ0v) is 9.97. The van der Waals surface area contributed by atoms with Crippen LogP contribution in [0.25, 0.3) is 0 Å². The molecule has 4 heteroatoms. The van der Waals surface area contributed by atoms with Crippen LogP contribution in [0.2, 0.25) is 0 Å². The lowest BCUT2D eigenvalue weighted by atomic mass is 10.1. The summed E-state index contributed by atoms with van der Waals surface area (Å²) < 4.78 is 0. The third-order valence-corrected chi connectivity index (χ3v) is 2.34. The number of hydrogen-bond acceptors (Lipinski definition) is 3. The molecular weight excluding hydrogens is 204 g/mol. The Labute approximate surface area is 95.9 Å². The number of aromatic carboxylic acids is 1. The average molecular weight is 222 g/mol. The molecule has 0 bridgehead atoms. The molecule has 0 amide bonds. The second kappa shape index (κ2) is 5.49. The van der Waals surface area contributed by atoms with Gasteiger partial charge in [-0.25, -0.2) is 4.79 Å². The third-order valence-electron chi connectivity index (χ3n) is 2.34. The Bertz CT molecular complexity index is 364. The van der Waals surface area contributed by atoms with Crippen molar-refractivity contribution in [3.8, 4) is 0 Å². The molecule has 16 heavy (non-hydrogen) atoms. The first-order chi connectivity index (χ1) is 7.56. The summed E-state index contributed by atoms with van der Waals surface area (Å²) in [5.41, 5.74) is 1.02. The number of pyridine rings is 1. The molecule has 1 N–H and O–H groups in total. The number of carboxylic acid groups (broad SMARTS) is 1. The Morgan fingerprint density at radius 3 is 2.75 bits per heavy atom. The highest BCUT2D eigenvalue weighted by atomic mass is 16.4. The first-order valence-corrected chi connectivity index (χ1v) is 5.48. The quantitative estimate of drug-likeness (QED) is 0.830. The number of carbonyl (C=O) groups is 1. The second-order valence-corrected chi connectivity index (χ2v) is 4.13. The number of aromatic nitrogens is 1. The number of nitrogens with zero attached hydrogens (tertiary/aromatic N) is 2. The zero-order valence-electron chi connectivity index (χ0n) is 9.97. The van der Waals surface area contributed by atoms with E-state index < -0.39 is 5.97 Å². The fraction of sp³-hybridized carbons (Fsp3) is 0.500. The molecule has 1 aromatic rings. The Morgan fingerprint density at radius 1 is 1.56 bits per heavy atom. The lowest BCUT2D eigenvalue weighted by molar-refractivity contribution is 0.0697. The highest BCUT2D eigenvalue weighted by Gasteiger charge is 2.15. The van der Waals surface area contributed by atoms with E-state index in [9.17, 15) is 4.79 Å². The molecule has 4 nitrogen and oxygen atoms in total. The molecular formula is C12H18N2O2. The lowest BCUT2D eigenvalue weighted by Gasteiger charge is -2.25. The first-order valence-electron chi connectivity index (χ1n) is 5.48. The van der Waals surface area contributed by atoms with Gasteiger partial charge in [-0.2, -0.15) is 0 Å². The van der Waals surface area contributed by atoms with Crippen LogP contribution in [0.3, 0.4) is 0 Å². The molecule has 88 valence electrons. The summed E-state index contributed by atoms with van der Waals surface area (Å²) in [6.07, 6.45) is 3.13. The smallest absolute Gasteiger partial charge is 0.337 e. The van der Waals surface area contributed by atoms with Gasteiger partial charge >= 0.3 is 5.97 Å². The van der Waals surface area contributed by atoms with Crippen LogP contribution in [-0.4, -0.2) is 29.1 Å². The van der Waals surface area contributed by atoms with Gasteiger partial charge in [0.05, 0.1) is 17.4 Å². The van der Waals surface area contributed by atoms with E-state index in [1.165, 1.54) is 6.20 Å². The summed E-state index contributed by atoms with van der Waals surface area (Å²) in [7, 11) is 0. The fourth-order valence-corrected chi connectivity index (χ4v) is 1.66. The van der Waals surface area contributed by atoms with Gasteiger partial charge in [0, 0.05) is 19.3 Å². The molecule has 0 atom stereocenters. The molecule has 0 aliphatic heterocycles. The van der Waals surface area contributed by atoms with Crippen LogP contribution in [0, 0.1) is 5.92 Å². The first kappa shape index (κ1) is 12.5. The minimum absolute atomic E-state index is 0.317. The van der Waals surface area contributed by atoms with Crippen molar-refractivity contribution in [3.63, 3.8) is 0 Å². The summed E-state index contributed by atoms with van der Waals surface area (Å²) in [6, 6.07) is 1.54. The van der Waals surface area contributed by atoms with Crippen molar-refractivity contribution in [1.29, 1.82) is 0 Å². The van der Waals surface area contributed by atoms with E-state index in [1.54, 1.807) is 12.3 Å². The number of carboxylic acids is 1. The van der Waals surface area contributed by atoms with Crippen LogP contribution < -0.4 is 4.90 Å². The van der Waals surface area contributed by atoms with Gasteiger partial charge in [0.15, 0.2) is 0 Å². The van der Waals surface area contributed by atoms with Crippen molar-refractivity contribution in [3.05, 3.63) is 24.0 Å². The highest BCUT2D eigenvalue weighted by molar-refractivity contribution is 5.94. The number of anilines is 1. The molecule has 0 spiro atoms. The van der Waals surface area contributed by atoms with Gasteiger partial charge in [0.2, 0.25) is 0 Å². The van der Waals surface area contributed by atoms with Crippen LogP contribution >= 0.6 is 0 Å². The molecule has 1 rings (SSSR count). The molecule has 1 aromatic heterocycles. The molecule has 0 aromatic carbocycles. The van der Waals surface area contributed by atoms with Gasteiger partial charge in [-0.1, -0.05) is 13.8 Å². The van der Waals surface area contributed by atoms with Crippen LogP contribution in [0.15, 0.2) is 18.5 Å². The predicted octanol–water partition coefficient (Wildman–Crippen LogP) is 2.26. The molecule has 0 aliphatic rings. The monoisotopic (exact) mass is 222 g/mol. The van der Waals surface area contributed by atoms with Crippen molar-refractivity contribution in [2.45, 2.75) is 20.8 Å². The van der Waals surface area contributed by atoms with E-state index in [0.29, 0.717) is 17.2 Å². The van der Waals surface area contributed by atoms with Crippen LogP contribution in [0.4, 0.5) is 5.69 Å². The Hall–Kier alpha value is -1.58. The van der Waals surface area contributed by atoms with Crippen molar-refractivity contribution in [2.24, 2.45) is 5.92 Å². The molecule has 1 heterocycles. The molecule has 0 unspecified atom stereocenters. The van der Waals surface area contributed by atoms with Gasteiger partial charge in [0.25, 0.3) is 0 Å². The van der Waals surface area contributed by atoms with Crippen LogP contribution in [-0.2, 0) is 0 Å². The summed E-state index contributed by atoms with van der Waals surface area (Å²) >= 11 is 0. The maximum atomic E-state index is 11.1. The van der Waals surface area contributed by atoms with Crippen molar-refractivity contribution in [1.82, 2.24) is 4.98 Å². The van der Waals surface area contributed by atoms with E-state index in [0.717, 1.165) is 13.1 Å². The van der Waals surface area contributed by atoms with Crippen LogP contribution in [0.5, 0.6) is 0 Å². The summed E-state index contributed by atoms with van der Waals surface area (Å²) in [5, 5.41) is 9.09. The molecule has 0 aliphatic carbocycles. The van der Waals surface area contributed by atoms with E-state index in [-0.39, 0.29) is 0 Å². The highest BCUT2D eigenvalue weighted by Crippen LogP contribution is 2.19.